The van der Waals surface area contributed by atoms with Crippen molar-refractivity contribution >= 4 is 17.0 Å². The maximum Gasteiger partial charge on any atom is 0.272 e. The lowest BCUT2D eigenvalue weighted by atomic mass is 10.1. The molecule has 0 saturated carbocycles. The van der Waals surface area contributed by atoms with Crippen LogP contribution in [0.15, 0.2) is 18.2 Å². The van der Waals surface area contributed by atoms with E-state index in [2.05, 4.69) is 29.4 Å². The molecule has 0 aliphatic rings. The Morgan fingerprint density at radius 3 is 2.76 bits per heavy atom. The Hall–Kier alpha value is -1.86. The van der Waals surface area contributed by atoms with Crippen molar-refractivity contribution in [3.05, 3.63) is 38.9 Å². The maximum atomic E-state index is 10.8. The van der Waals surface area contributed by atoms with E-state index in [4.69, 9.17) is 0 Å². The SMILES string of the molecule is Cc1cc(-c2nnc(CNCC(C)C)s2)ccc1[N+](=O)[O-]. The van der Waals surface area contributed by atoms with Gasteiger partial charge in [0.2, 0.25) is 0 Å². The average molecular weight is 306 g/mol. The van der Waals surface area contributed by atoms with E-state index in [1.807, 2.05) is 0 Å². The molecule has 1 N–H and O–H groups in total. The molecule has 0 bridgehead atoms. The van der Waals surface area contributed by atoms with Crippen LogP contribution in [0.3, 0.4) is 0 Å². The molecule has 2 aromatic rings. The fourth-order valence-electron chi connectivity index (χ4n) is 1.90. The highest BCUT2D eigenvalue weighted by atomic mass is 32.1. The van der Waals surface area contributed by atoms with Crippen LogP contribution in [-0.4, -0.2) is 21.7 Å². The highest BCUT2D eigenvalue weighted by molar-refractivity contribution is 7.14. The molecule has 0 aliphatic heterocycles. The third kappa shape index (κ3) is 4.05. The Morgan fingerprint density at radius 1 is 1.38 bits per heavy atom. The quantitative estimate of drug-likeness (QED) is 0.655. The van der Waals surface area contributed by atoms with Crippen molar-refractivity contribution < 1.29 is 4.92 Å². The second-order valence-electron chi connectivity index (χ2n) is 5.28. The predicted molar refractivity (Wildman–Crippen MR) is 83.3 cm³/mol. The Morgan fingerprint density at radius 2 is 2.14 bits per heavy atom. The molecule has 0 spiro atoms. The summed E-state index contributed by atoms with van der Waals surface area (Å²) in [7, 11) is 0. The molecule has 1 aromatic heterocycles. The van der Waals surface area contributed by atoms with Crippen LogP contribution < -0.4 is 5.32 Å². The molecular formula is C14H18N4O2S. The molecule has 2 rings (SSSR count). The fourth-order valence-corrected chi connectivity index (χ4v) is 2.71. The second kappa shape index (κ2) is 6.73. The van der Waals surface area contributed by atoms with E-state index in [1.165, 1.54) is 17.4 Å². The van der Waals surface area contributed by atoms with Gasteiger partial charge in [-0.2, -0.15) is 0 Å². The van der Waals surface area contributed by atoms with Crippen LogP contribution in [0.4, 0.5) is 5.69 Å². The summed E-state index contributed by atoms with van der Waals surface area (Å²) in [6.07, 6.45) is 0. The van der Waals surface area contributed by atoms with Gasteiger partial charge in [-0.05, 0) is 31.5 Å². The number of aromatic nitrogens is 2. The number of nitrogens with one attached hydrogen (secondary N) is 1. The number of nitro groups is 1. The molecule has 112 valence electrons. The van der Waals surface area contributed by atoms with Gasteiger partial charge in [0, 0.05) is 23.7 Å². The lowest BCUT2D eigenvalue weighted by Gasteiger charge is -2.04. The first-order chi connectivity index (χ1) is 9.97. The van der Waals surface area contributed by atoms with E-state index in [0.717, 1.165) is 22.1 Å². The Labute approximate surface area is 127 Å². The molecular weight excluding hydrogens is 288 g/mol. The number of aryl methyl sites for hydroxylation is 1. The molecule has 7 heteroatoms. The van der Waals surface area contributed by atoms with E-state index in [9.17, 15) is 10.1 Å². The highest BCUT2D eigenvalue weighted by Crippen LogP contribution is 2.28. The van der Waals surface area contributed by atoms with Crippen molar-refractivity contribution in [3.8, 4) is 10.6 Å². The zero-order chi connectivity index (χ0) is 15.4. The molecule has 6 nitrogen and oxygen atoms in total. The Kier molecular flexibility index (Phi) is 4.98. The first-order valence-corrected chi connectivity index (χ1v) is 7.57. The highest BCUT2D eigenvalue weighted by Gasteiger charge is 2.13. The molecule has 1 aromatic carbocycles. The van der Waals surface area contributed by atoms with Crippen molar-refractivity contribution in [2.45, 2.75) is 27.3 Å². The van der Waals surface area contributed by atoms with E-state index in [-0.39, 0.29) is 10.6 Å². The summed E-state index contributed by atoms with van der Waals surface area (Å²) in [4.78, 5) is 10.4. The Bertz CT molecular complexity index is 640. The smallest absolute Gasteiger partial charge is 0.272 e. The summed E-state index contributed by atoms with van der Waals surface area (Å²) in [6, 6.07) is 5.02. The van der Waals surface area contributed by atoms with Crippen LogP contribution in [0.5, 0.6) is 0 Å². The third-order valence-corrected chi connectivity index (χ3v) is 3.91. The zero-order valence-electron chi connectivity index (χ0n) is 12.3. The molecule has 1 heterocycles. The summed E-state index contributed by atoms with van der Waals surface area (Å²) in [5.74, 6) is 0.592. The largest absolute Gasteiger partial charge is 0.310 e. The van der Waals surface area contributed by atoms with E-state index in [1.54, 1.807) is 19.1 Å². The number of hydrogen-bond acceptors (Lipinski definition) is 6. The van der Waals surface area contributed by atoms with Crippen molar-refractivity contribution in [2.75, 3.05) is 6.54 Å². The lowest BCUT2D eigenvalue weighted by molar-refractivity contribution is -0.385. The average Bonchev–Trinajstić information content (AvgIpc) is 2.86. The van der Waals surface area contributed by atoms with Gasteiger partial charge in [0.1, 0.15) is 10.0 Å². The molecule has 0 unspecified atom stereocenters. The van der Waals surface area contributed by atoms with E-state index in [0.29, 0.717) is 18.0 Å². The van der Waals surface area contributed by atoms with Crippen LogP contribution in [0.25, 0.3) is 10.6 Å². The number of hydrogen-bond donors (Lipinski definition) is 1. The van der Waals surface area contributed by atoms with Crippen LogP contribution in [0.1, 0.15) is 24.4 Å². The van der Waals surface area contributed by atoms with Gasteiger partial charge in [0.25, 0.3) is 5.69 Å². The second-order valence-corrected chi connectivity index (χ2v) is 6.35. The summed E-state index contributed by atoms with van der Waals surface area (Å²) in [5, 5.41) is 24.2. The molecule has 0 atom stereocenters. The van der Waals surface area contributed by atoms with Crippen LogP contribution in [-0.2, 0) is 6.54 Å². The van der Waals surface area contributed by atoms with Gasteiger partial charge in [-0.3, -0.25) is 10.1 Å². The standard InChI is InChI=1S/C14H18N4O2S/c1-9(2)7-15-8-13-16-17-14(21-13)11-4-5-12(18(19)20)10(3)6-11/h4-6,9,15H,7-8H2,1-3H3. The fraction of sp³-hybridized carbons (Fsp3) is 0.429. The molecule has 0 radical (unpaired) electrons. The van der Waals surface area contributed by atoms with Crippen LogP contribution in [0, 0.1) is 23.0 Å². The van der Waals surface area contributed by atoms with Crippen LogP contribution in [0.2, 0.25) is 0 Å². The molecule has 0 fully saturated rings. The molecule has 21 heavy (non-hydrogen) atoms. The van der Waals surface area contributed by atoms with Gasteiger partial charge in [-0.25, -0.2) is 0 Å². The summed E-state index contributed by atoms with van der Waals surface area (Å²) < 4.78 is 0. The number of benzene rings is 1. The van der Waals surface area contributed by atoms with Gasteiger partial charge >= 0.3 is 0 Å². The topological polar surface area (TPSA) is 81.0 Å². The number of rotatable bonds is 6. The van der Waals surface area contributed by atoms with Gasteiger partial charge < -0.3 is 5.32 Å². The minimum atomic E-state index is -0.375. The Balaban J connectivity index is 2.10. The normalized spacial score (nSPS) is 11.0. The van der Waals surface area contributed by atoms with E-state index >= 15 is 0 Å². The summed E-state index contributed by atoms with van der Waals surface area (Å²) in [6.45, 7) is 7.66. The molecule has 0 saturated heterocycles. The van der Waals surface area contributed by atoms with Crippen molar-refractivity contribution in [1.82, 2.24) is 15.5 Å². The molecule has 0 amide bonds. The van der Waals surface area contributed by atoms with Gasteiger partial charge in [0.05, 0.1) is 4.92 Å². The predicted octanol–water partition coefficient (Wildman–Crippen LogP) is 3.17. The van der Waals surface area contributed by atoms with Gasteiger partial charge in [0.15, 0.2) is 0 Å². The van der Waals surface area contributed by atoms with Crippen molar-refractivity contribution in [3.63, 3.8) is 0 Å². The minimum absolute atomic E-state index is 0.127. The summed E-state index contributed by atoms with van der Waals surface area (Å²) in [5.41, 5.74) is 1.62. The minimum Gasteiger partial charge on any atom is -0.310 e. The van der Waals surface area contributed by atoms with Crippen molar-refractivity contribution in [1.29, 1.82) is 0 Å². The monoisotopic (exact) mass is 306 g/mol. The zero-order valence-corrected chi connectivity index (χ0v) is 13.1. The van der Waals surface area contributed by atoms with E-state index < -0.39 is 0 Å². The van der Waals surface area contributed by atoms with Gasteiger partial charge in [-0.15, -0.1) is 10.2 Å². The van der Waals surface area contributed by atoms with Crippen molar-refractivity contribution in [2.24, 2.45) is 5.92 Å². The number of nitrogens with zero attached hydrogens (tertiary/aromatic N) is 3. The third-order valence-electron chi connectivity index (χ3n) is 2.94. The van der Waals surface area contributed by atoms with Gasteiger partial charge in [-0.1, -0.05) is 25.2 Å². The number of nitro benzene ring substituents is 1. The maximum absolute atomic E-state index is 10.8. The lowest BCUT2D eigenvalue weighted by Crippen LogP contribution is -2.18. The first-order valence-electron chi connectivity index (χ1n) is 6.76. The first kappa shape index (κ1) is 15.5. The molecule has 0 aliphatic carbocycles. The van der Waals surface area contributed by atoms with Crippen LogP contribution >= 0.6 is 11.3 Å². The summed E-state index contributed by atoms with van der Waals surface area (Å²) >= 11 is 1.51.